The monoisotopic (exact) mass is 450 g/mol. The number of anilines is 1. The van der Waals surface area contributed by atoms with Crippen LogP contribution in [0.4, 0.5) is 5.82 Å². The van der Waals surface area contributed by atoms with Crippen molar-refractivity contribution < 1.29 is 14.7 Å². The van der Waals surface area contributed by atoms with Crippen molar-refractivity contribution in [2.45, 2.75) is 13.3 Å². The minimum atomic E-state index is -1.30. The maximum atomic E-state index is 12.9. The largest absolute Gasteiger partial charge is 0.477 e. The number of ketones is 1. The summed E-state index contributed by atoms with van der Waals surface area (Å²) in [6.45, 7) is 2.80. The standard InChI is InChI=1S/C21H18N6O4S/c1-11-6-16(26-8-12(9-26)14(28)7-15-22-2-3-23-15)25-19-17(11)18(29)13(20(30)31)10-27(19)21-24-4-5-32-21/h2-6,10,12H,7-9H2,1H3,(H,22,23)(H,30,31). The highest BCUT2D eigenvalue weighted by atomic mass is 32.1. The number of Topliss-reactive ketones (excluding diaryl/α,β-unsaturated/α-hetero) is 1. The minimum absolute atomic E-state index is 0.111. The van der Waals surface area contributed by atoms with Crippen molar-refractivity contribution in [2.24, 2.45) is 5.92 Å². The summed E-state index contributed by atoms with van der Waals surface area (Å²) in [5, 5.41) is 12.0. The van der Waals surface area contributed by atoms with E-state index in [1.54, 1.807) is 41.5 Å². The van der Waals surface area contributed by atoms with E-state index in [0.29, 0.717) is 41.1 Å². The van der Waals surface area contributed by atoms with Crippen molar-refractivity contribution in [2.75, 3.05) is 18.0 Å². The Bertz CT molecular complexity index is 1390. The molecule has 32 heavy (non-hydrogen) atoms. The van der Waals surface area contributed by atoms with Gasteiger partial charge in [-0.3, -0.25) is 14.2 Å². The van der Waals surface area contributed by atoms with Gasteiger partial charge in [0, 0.05) is 43.3 Å². The third-order valence-electron chi connectivity index (χ3n) is 5.56. The fourth-order valence-corrected chi connectivity index (χ4v) is 4.46. The van der Waals surface area contributed by atoms with Crippen molar-refractivity contribution in [3.63, 3.8) is 0 Å². The molecule has 0 atom stereocenters. The van der Waals surface area contributed by atoms with E-state index in [2.05, 4.69) is 19.9 Å². The van der Waals surface area contributed by atoms with Crippen LogP contribution in [0.25, 0.3) is 16.2 Å². The Morgan fingerprint density at radius 1 is 1.28 bits per heavy atom. The van der Waals surface area contributed by atoms with Gasteiger partial charge in [0.05, 0.1) is 17.7 Å². The molecule has 162 valence electrons. The summed E-state index contributed by atoms with van der Waals surface area (Å²) in [5.41, 5.74) is 0.0499. The van der Waals surface area contributed by atoms with Gasteiger partial charge < -0.3 is 15.0 Å². The van der Waals surface area contributed by atoms with Gasteiger partial charge >= 0.3 is 5.97 Å². The zero-order chi connectivity index (χ0) is 22.4. The van der Waals surface area contributed by atoms with Crippen LogP contribution in [0.5, 0.6) is 0 Å². The van der Waals surface area contributed by atoms with E-state index < -0.39 is 11.4 Å². The zero-order valence-corrected chi connectivity index (χ0v) is 17.8. The van der Waals surface area contributed by atoms with E-state index in [4.69, 9.17) is 0 Å². The van der Waals surface area contributed by atoms with E-state index >= 15 is 0 Å². The molecular formula is C21H18N6O4S. The van der Waals surface area contributed by atoms with Gasteiger partial charge in [0.15, 0.2) is 10.8 Å². The maximum Gasteiger partial charge on any atom is 0.341 e. The van der Waals surface area contributed by atoms with Crippen molar-refractivity contribution in [1.82, 2.24) is 24.5 Å². The van der Waals surface area contributed by atoms with Crippen LogP contribution in [0, 0.1) is 12.8 Å². The molecule has 1 fully saturated rings. The Labute approximate surface area is 185 Å². The lowest BCUT2D eigenvalue weighted by molar-refractivity contribution is -0.123. The molecule has 0 bridgehead atoms. The van der Waals surface area contributed by atoms with Crippen LogP contribution in [0.2, 0.25) is 0 Å². The molecule has 1 aliphatic rings. The maximum absolute atomic E-state index is 12.9. The number of carboxylic acid groups (broad SMARTS) is 1. The molecule has 0 saturated carbocycles. The van der Waals surface area contributed by atoms with Crippen LogP contribution in [0.3, 0.4) is 0 Å². The Hall–Kier alpha value is -3.86. The lowest BCUT2D eigenvalue weighted by atomic mass is 9.93. The van der Waals surface area contributed by atoms with E-state index in [-0.39, 0.29) is 29.1 Å². The average molecular weight is 450 g/mol. The van der Waals surface area contributed by atoms with Crippen LogP contribution in [-0.4, -0.2) is 54.5 Å². The number of fused-ring (bicyclic) bond motifs is 1. The number of nitrogens with zero attached hydrogens (tertiary/aromatic N) is 5. The van der Waals surface area contributed by atoms with E-state index in [9.17, 15) is 19.5 Å². The zero-order valence-electron chi connectivity index (χ0n) is 17.0. The summed E-state index contributed by atoms with van der Waals surface area (Å²) >= 11 is 1.31. The van der Waals surface area contributed by atoms with Crippen LogP contribution in [-0.2, 0) is 11.2 Å². The Morgan fingerprint density at radius 3 is 2.75 bits per heavy atom. The number of thiazole rings is 1. The quantitative estimate of drug-likeness (QED) is 0.454. The van der Waals surface area contributed by atoms with Crippen LogP contribution < -0.4 is 10.3 Å². The third-order valence-corrected chi connectivity index (χ3v) is 6.33. The molecule has 0 aromatic carbocycles. The number of aromatic carboxylic acids is 1. The number of aryl methyl sites for hydroxylation is 1. The van der Waals surface area contributed by atoms with Gasteiger partial charge in [-0.25, -0.2) is 19.7 Å². The SMILES string of the molecule is Cc1cc(N2CC(C(=O)Cc3ncc[nH]3)C2)nc2c1c(=O)c(C(=O)O)cn2-c1nccs1. The molecule has 0 unspecified atom stereocenters. The first kappa shape index (κ1) is 20.1. The smallest absolute Gasteiger partial charge is 0.341 e. The van der Waals surface area contributed by atoms with Crippen LogP contribution in [0.15, 0.2) is 41.0 Å². The minimum Gasteiger partial charge on any atom is -0.477 e. The summed E-state index contributed by atoms with van der Waals surface area (Å²) in [5.74, 6) is -0.0288. The third kappa shape index (κ3) is 3.36. The van der Waals surface area contributed by atoms with E-state index in [0.717, 1.165) is 0 Å². The highest BCUT2D eigenvalue weighted by Crippen LogP contribution is 2.29. The number of aromatic nitrogens is 5. The second kappa shape index (κ2) is 7.68. The predicted molar refractivity (Wildman–Crippen MR) is 118 cm³/mol. The van der Waals surface area contributed by atoms with Gasteiger partial charge in [0.1, 0.15) is 23.0 Å². The number of aromatic amines is 1. The molecule has 0 spiro atoms. The van der Waals surface area contributed by atoms with Crippen molar-refractivity contribution in [3.8, 4) is 5.13 Å². The van der Waals surface area contributed by atoms with Gasteiger partial charge in [0.2, 0.25) is 5.43 Å². The van der Waals surface area contributed by atoms with Gasteiger partial charge in [0.25, 0.3) is 0 Å². The van der Waals surface area contributed by atoms with E-state index in [1.807, 2.05) is 4.90 Å². The molecule has 0 amide bonds. The first-order valence-corrected chi connectivity index (χ1v) is 10.8. The highest BCUT2D eigenvalue weighted by Gasteiger charge is 2.34. The molecule has 0 aliphatic carbocycles. The normalized spacial score (nSPS) is 14.0. The Kier molecular flexibility index (Phi) is 4.82. The molecule has 5 heterocycles. The molecule has 4 aromatic heterocycles. The summed E-state index contributed by atoms with van der Waals surface area (Å²) in [4.78, 5) is 54.9. The first-order chi connectivity index (χ1) is 15.4. The highest BCUT2D eigenvalue weighted by molar-refractivity contribution is 7.12. The Balaban J connectivity index is 1.50. The van der Waals surface area contributed by atoms with Crippen molar-refractivity contribution in [1.29, 1.82) is 0 Å². The number of rotatable bonds is 6. The number of carbonyl (C=O) groups is 2. The number of carbonyl (C=O) groups excluding carboxylic acids is 1. The topological polar surface area (TPSA) is 134 Å². The summed E-state index contributed by atoms with van der Waals surface area (Å²) in [6, 6.07) is 1.76. The second-order valence-corrected chi connectivity index (χ2v) is 8.51. The average Bonchev–Trinajstić information content (AvgIpc) is 3.40. The Morgan fingerprint density at radius 2 is 2.09 bits per heavy atom. The summed E-state index contributed by atoms with van der Waals surface area (Å²) < 4.78 is 1.54. The molecule has 10 nitrogen and oxygen atoms in total. The number of pyridine rings is 2. The fourth-order valence-electron chi connectivity index (χ4n) is 3.85. The van der Waals surface area contributed by atoms with Crippen molar-refractivity contribution in [3.05, 3.63) is 63.4 Å². The van der Waals surface area contributed by atoms with Gasteiger partial charge in [-0.1, -0.05) is 0 Å². The number of H-pyrrole nitrogens is 1. The molecule has 1 saturated heterocycles. The molecule has 11 heteroatoms. The fraction of sp³-hybridized carbons (Fsp3) is 0.238. The summed E-state index contributed by atoms with van der Waals surface area (Å²) in [6.07, 6.45) is 6.45. The van der Waals surface area contributed by atoms with Crippen LogP contribution >= 0.6 is 11.3 Å². The van der Waals surface area contributed by atoms with Crippen LogP contribution in [0.1, 0.15) is 21.7 Å². The number of carboxylic acids is 1. The van der Waals surface area contributed by atoms with Gasteiger partial charge in [-0.05, 0) is 18.6 Å². The summed E-state index contributed by atoms with van der Waals surface area (Å²) in [7, 11) is 0. The van der Waals surface area contributed by atoms with Gasteiger partial charge in [-0.15, -0.1) is 11.3 Å². The number of imidazole rings is 1. The lowest BCUT2D eigenvalue weighted by Crippen LogP contribution is -2.51. The van der Waals surface area contributed by atoms with Crippen molar-refractivity contribution >= 4 is 39.9 Å². The molecule has 2 N–H and O–H groups in total. The molecule has 0 radical (unpaired) electrons. The second-order valence-electron chi connectivity index (χ2n) is 7.64. The first-order valence-electron chi connectivity index (χ1n) is 9.88. The molecule has 1 aliphatic heterocycles. The van der Waals surface area contributed by atoms with E-state index in [1.165, 1.54) is 17.5 Å². The number of hydrogen-bond donors (Lipinski definition) is 2. The van der Waals surface area contributed by atoms with Gasteiger partial charge in [-0.2, -0.15) is 0 Å². The number of hydrogen-bond acceptors (Lipinski definition) is 8. The molecule has 5 rings (SSSR count). The lowest BCUT2D eigenvalue weighted by Gasteiger charge is -2.39. The number of nitrogens with one attached hydrogen (secondary N) is 1. The molecular weight excluding hydrogens is 432 g/mol. The molecule has 4 aromatic rings. The predicted octanol–water partition coefficient (Wildman–Crippen LogP) is 1.82.